The third kappa shape index (κ3) is 1.92. The van der Waals surface area contributed by atoms with Crippen LogP contribution in [0, 0.1) is 0 Å². The lowest BCUT2D eigenvalue weighted by molar-refractivity contribution is -0.131. The number of halogens is 1. The molecule has 0 bridgehead atoms. The highest BCUT2D eigenvalue weighted by molar-refractivity contribution is 9.10. The number of ether oxygens (including phenoxy) is 1. The number of fused-ring (bicyclic) bond motifs is 1. The van der Waals surface area contributed by atoms with E-state index in [0.717, 1.165) is 4.47 Å². The first-order chi connectivity index (χ1) is 9.00. The fourth-order valence-electron chi connectivity index (χ4n) is 2.28. The molecule has 1 aromatic rings. The van der Waals surface area contributed by atoms with Gasteiger partial charge in [-0.25, -0.2) is 9.78 Å². The molecule has 7 nitrogen and oxygen atoms in total. The SMILES string of the molecule is O=C(O)N1CCC2(C1)Oc1ncc(Br)cc1NC2=O. The van der Waals surface area contributed by atoms with Crippen LogP contribution in [0.1, 0.15) is 6.42 Å². The van der Waals surface area contributed by atoms with Gasteiger partial charge in [0.2, 0.25) is 11.5 Å². The molecule has 0 aromatic carbocycles. The van der Waals surface area contributed by atoms with Gasteiger partial charge in [0.15, 0.2) is 0 Å². The molecule has 1 saturated heterocycles. The van der Waals surface area contributed by atoms with Crippen molar-refractivity contribution in [2.75, 3.05) is 18.4 Å². The standard InChI is InChI=1S/C11H10BrN3O4/c12-6-3-7-8(13-4-6)19-11(9(16)14-7)1-2-15(5-11)10(17)18/h3-4H,1-2,5H2,(H,14,16)(H,17,18). The molecule has 2 aliphatic rings. The van der Waals surface area contributed by atoms with Gasteiger partial charge in [-0.2, -0.15) is 0 Å². The summed E-state index contributed by atoms with van der Waals surface area (Å²) in [5, 5.41) is 11.7. The quantitative estimate of drug-likeness (QED) is 0.749. The molecule has 1 fully saturated rings. The van der Waals surface area contributed by atoms with Gasteiger partial charge in [-0.05, 0) is 22.0 Å². The molecule has 0 saturated carbocycles. The van der Waals surface area contributed by atoms with Crippen molar-refractivity contribution in [1.82, 2.24) is 9.88 Å². The molecular formula is C11H10BrN3O4. The van der Waals surface area contributed by atoms with Crippen molar-refractivity contribution < 1.29 is 19.4 Å². The number of anilines is 1. The Hall–Kier alpha value is -1.83. The maximum Gasteiger partial charge on any atom is 0.407 e. The van der Waals surface area contributed by atoms with E-state index >= 15 is 0 Å². The normalized spacial score (nSPS) is 24.9. The molecule has 1 unspecified atom stereocenters. The Morgan fingerprint density at radius 2 is 2.42 bits per heavy atom. The summed E-state index contributed by atoms with van der Waals surface area (Å²) in [6, 6.07) is 1.69. The summed E-state index contributed by atoms with van der Waals surface area (Å²) in [4.78, 5) is 28.4. The van der Waals surface area contributed by atoms with Crippen LogP contribution in [0.4, 0.5) is 10.5 Å². The number of nitrogens with zero attached hydrogens (tertiary/aromatic N) is 2. The highest BCUT2D eigenvalue weighted by Gasteiger charge is 2.51. The number of hydrogen-bond donors (Lipinski definition) is 2. The third-order valence-electron chi connectivity index (χ3n) is 3.27. The van der Waals surface area contributed by atoms with Crippen LogP contribution < -0.4 is 10.1 Å². The van der Waals surface area contributed by atoms with Crippen molar-refractivity contribution in [3.05, 3.63) is 16.7 Å². The zero-order valence-electron chi connectivity index (χ0n) is 9.72. The smallest absolute Gasteiger partial charge is 0.407 e. The third-order valence-corrected chi connectivity index (χ3v) is 3.71. The lowest BCUT2D eigenvalue weighted by Gasteiger charge is -2.33. The maximum atomic E-state index is 12.2. The molecule has 1 spiro atoms. The Morgan fingerprint density at radius 1 is 1.63 bits per heavy atom. The molecule has 3 rings (SSSR count). The van der Waals surface area contributed by atoms with Crippen LogP contribution in [0.2, 0.25) is 0 Å². The number of rotatable bonds is 0. The van der Waals surface area contributed by atoms with Gasteiger partial charge in [0.05, 0.1) is 6.54 Å². The van der Waals surface area contributed by atoms with Crippen LogP contribution in [0.5, 0.6) is 5.88 Å². The van der Waals surface area contributed by atoms with E-state index in [-0.39, 0.29) is 19.0 Å². The first-order valence-corrected chi connectivity index (χ1v) is 6.43. The molecule has 8 heteroatoms. The van der Waals surface area contributed by atoms with Gasteiger partial charge in [-0.1, -0.05) is 0 Å². The molecule has 2 amide bonds. The number of pyridine rings is 1. The lowest BCUT2D eigenvalue weighted by Crippen LogP contribution is -2.53. The monoisotopic (exact) mass is 327 g/mol. The summed E-state index contributed by atoms with van der Waals surface area (Å²) in [7, 11) is 0. The largest absolute Gasteiger partial charge is 0.465 e. The first-order valence-electron chi connectivity index (χ1n) is 5.64. The molecule has 2 aliphatic heterocycles. The summed E-state index contributed by atoms with van der Waals surface area (Å²) >= 11 is 3.26. The highest BCUT2D eigenvalue weighted by Crippen LogP contribution is 2.37. The first kappa shape index (κ1) is 12.2. The van der Waals surface area contributed by atoms with Crippen LogP contribution in [0.15, 0.2) is 16.7 Å². The summed E-state index contributed by atoms with van der Waals surface area (Å²) in [6.07, 6.45) is 0.832. The highest BCUT2D eigenvalue weighted by atomic mass is 79.9. The number of aromatic nitrogens is 1. The summed E-state index contributed by atoms with van der Waals surface area (Å²) in [6.45, 7) is 0.292. The number of carbonyl (C=O) groups excluding carboxylic acids is 1. The number of carbonyl (C=O) groups is 2. The molecular weight excluding hydrogens is 318 g/mol. The van der Waals surface area contributed by atoms with E-state index in [0.29, 0.717) is 18.0 Å². The van der Waals surface area contributed by atoms with Crippen LogP contribution in [0.25, 0.3) is 0 Å². The second kappa shape index (κ2) is 4.09. The van der Waals surface area contributed by atoms with Gasteiger partial charge in [0.1, 0.15) is 5.69 Å². The van der Waals surface area contributed by atoms with Crippen LogP contribution in [-0.2, 0) is 4.79 Å². The Bertz CT molecular complexity index is 579. The van der Waals surface area contributed by atoms with Crippen molar-refractivity contribution in [1.29, 1.82) is 0 Å². The predicted octanol–water partition coefficient (Wildman–Crippen LogP) is 1.30. The van der Waals surface area contributed by atoms with Crippen molar-refractivity contribution in [2.45, 2.75) is 12.0 Å². The molecule has 3 heterocycles. The number of nitrogens with one attached hydrogen (secondary N) is 1. The topological polar surface area (TPSA) is 91.8 Å². The molecule has 100 valence electrons. The van der Waals surface area contributed by atoms with Crippen LogP contribution >= 0.6 is 15.9 Å². The number of hydrogen-bond acceptors (Lipinski definition) is 4. The molecule has 0 aliphatic carbocycles. The number of likely N-dealkylation sites (tertiary alicyclic amines) is 1. The molecule has 0 radical (unpaired) electrons. The van der Waals surface area contributed by atoms with Crippen molar-refractivity contribution in [3.8, 4) is 5.88 Å². The van der Waals surface area contributed by atoms with E-state index in [1.54, 1.807) is 12.3 Å². The fourth-order valence-corrected chi connectivity index (χ4v) is 2.61. The predicted molar refractivity (Wildman–Crippen MR) is 68.1 cm³/mol. The van der Waals surface area contributed by atoms with Gasteiger partial charge >= 0.3 is 6.09 Å². The zero-order chi connectivity index (χ0) is 13.6. The Labute approximate surface area is 116 Å². The summed E-state index contributed by atoms with van der Waals surface area (Å²) < 4.78 is 6.41. The minimum absolute atomic E-state index is 0.0192. The van der Waals surface area contributed by atoms with Gasteiger partial charge in [0.25, 0.3) is 5.91 Å². The molecule has 1 aromatic heterocycles. The Morgan fingerprint density at radius 3 is 3.11 bits per heavy atom. The van der Waals surface area contributed by atoms with Crippen LogP contribution in [0.3, 0.4) is 0 Å². The van der Waals surface area contributed by atoms with Crippen LogP contribution in [-0.4, -0.2) is 45.7 Å². The van der Waals surface area contributed by atoms with Gasteiger partial charge in [-0.3, -0.25) is 4.79 Å². The van der Waals surface area contributed by atoms with E-state index in [9.17, 15) is 9.59 Å². The van der Waals surface area contributed by atoms with Gasteiger partial charge < -0.3 is 20.1 Å². The minimum atomic E-state index is -1.16. The Kier molecular flexibility index (Phi) is 2.63. The average molecular weight is 328 g/mol. The van der Waals surface area contributed by atoms with Gasteiger partial charge in [-0.15, -0.1) is 0 Å². The van der Waals surface area contributed by atoms with Gasteiger partial charge in [0, 0.05) is 23.6 Å². The zero-order valence-corrected chi connectivity index (χ0v) is 11.3. The maximum absolute atomic E-state index is 12.2. The summed E-state index contributed by atoms with van der Waals surface area (Å²) in [5.41, 5.74) is -0.676. The van der Waals surface area contributed by atoms with Crippen molar-refractivity contribution in [3.63, 3.8) is 0 Å². The van der Waals surface area contributed by atoms with E-state index in [2.05, 4.69) is 26.2 Å². The number of amides is 2. The molecule has 1 atom stereocenters. The van der Waals surface area contributed by atoms with Crippen molar-refractivity contribution >= 4 is 33.6 Å². The number of carboxylic acid groups (broad SMARTS) is 1. The van der Waals surface area contributed by atoms with E-state index < -0.39 is 11.7 Å². The minimum Gasteiger partial charge on any atom is -0.465 e. The Balaban J connectivity index is 1.92. The van der Waals surface area contributed by atoms with Crippen molar-refractivity contribution in [2.24, 2.45) is 0 Å². The molecule has 19 heavy (non-hydrogen) atoms. The lowest BCUT2D eigenvalue weighted by atomic mass is 10.0. The van der Waals surface area contributed by atoms with E-state index in [4.69, 9.17) is 9.84 Å². The average Bonchev–Trinajstić information content (AvgIpc) is 2.77. The van der Waals surface area contributed by atoms with E-state index in [1.165, 1.54) is 4.90 Å². The summed E-state index contributed by atoms with van der Waals surface area (Å²) in [5.74, 6) is -0.0151. The molecule has 2 N–H and O–H groups in total. The second-order valence-corrected chi connectivity index (χ2v) is 5.43. The van der Waals surface area contributed by atoms with E-state index in [1.807, 2.05) is 0 Å². The fraction of sp³-hybridized carbons (Fsp3) is 0.364. The second-order valence-electron chi connectivity index (χ2n) is 4.51.